The molecule has 1 aromatic carbocycles. The molecule has 0 heterocycles. The van der Waals surface area contributed by atoms with E-state index >= 15 is 0 Å². The van der Waals surface area contributed by atoms with Crippen molar-refractivity contribution >= 4 is 24.3 Å². The van der Waals surface area contributed by atoms with E-state index in [2.05, 4.69) is 17.9 Å². The molecular formula is C13H14N2O2S. The minimum absolute atomic E-state index is 0.137. The van der Waals surface area contributed by atoms with E-state index in [4.69, 9.17) is 10.00 Å². The summed E-state index contributed by atoms with van der Waals surface area (Å²) in [5.41, 5.74) is 1.69. The molecule has 0 bridgehead atoms. The second kappa shape index (κ2) is 6.72. The molecule has 0 radical (unpaired) electrons. The van der Waals surface area contributed by atoms with Crippen molar-refractivity contribution in [1.82, 2.24) is 0 Å². The first kappa shape index (κ1) is 14.1. The van der Waals surface area contributed by atoms with E-state index in [1.54, 1.807) is 13.0 Å². The molecule has 0 spiro atoms. The highest BCUT2D eigenvalue weighted by Gasteiger charge is 2.14. The molecular weight excluding hydrogens is 248 g/mol. The molecule has 18 heavy (non-hydrogen) atoms. The van der Waals surface area contributed by atoms with E-state index < -0.39 is 5.97 Å². The number of esters is 1. The second-order valence-electron chi connectivity index (χ2n) is 3.55. The van der Waals surface area contributed by atoms with Crippen LogP contribution in [0.15, 0.2) is 34.9 Å². The second-order valence-corrected chi connectivity index (χ2v) is 4.00. The fourth-order valence-electron chi connectivity index (χ4n) is 1.32. The molecule has 4 nitrogen and oxygen atoms in total. The van der Waals surface area contributed by atoms with Gasteiger partial charge in [-0.1, -0.05) is 12.1 Å². The third kappa shape index (κ3) is 3.82. The van der Waals surface area contributed by atoms with Crippen LogP contribution in [-0.4, -0.2) is 12.6 Å². The maximum atomic E-state index is 11.5. The Labute approximate surface area is 112 Å². The lowest BCUT2D eigenvalue weighted by Crippen LogP contribution is -2.10. The predicted octanol–water partition coefficient (Wildman–Crippen LogP) is 2.64. The zero-order valence-corrected chi connectivity index (χ0v) is 11.1. The lowest BCUT2D eigenvalue weighted by atomic mass is 10.2. The summed E-state index contributed by atoms with van der Waals surface area (Å²) >= 11 is 4.13. The van der Waals surface area contributed by atoms with Gasteiger partial charge in [0.2, 0.25) is 0 Å². The van der Waals surface area contributed by atoms with E-state index in [1.165, 1.54) is 0 Å². The summed E-state index contributed by atoms with van der Waals surface area (Å²) in [5, 5.41) is 12.0. The van der Waals surface area contributed by atoms with E-state index in [1.807, 2.05) is 31.2 Å². The maximum absolute atomic E-state index is 11.5. The Hall–Kier alpha value is -1.93. The van der Waals surface area contributed by atoms with Gasteiger partial charge in [-0.05, 0) is 31.5 Å². The molecule has 0 amide bonds. The zero-order chi connectivity index (χ0) is 13.5. The van der Waals surface area contributed by atoms with Crippen molar-refractivity contribution in [3.63, 3.8) is 0 Å². The number of aryl methyl sites for hydroxylation is 1. The van der Waals surface area contributed by atoms with Gasteiger partial charge in [-0.3, -0.25) is 0 Å². The minimum atomic E-state index is -0.676. The molecule has 94 valence electrons. The number of ether oxygens (including phenoxy) is 1. The minimum Gasteiger partial charge on any atom is -0.462 e. The Kier molecular flexibility index (Phi) is 5.28. The van der Waals surface area contributed by atoms with Gasteiger partial charge in [0.15, 0.2) is 5.57 Å². The van der Waals surface area contributed by atoms with E-state index in [0.29, 0.717) is 0 Å². The van der Waals surface area contributed by atoms with E-state index in [9.17, 15) is 4.79 Å². The number of nitriles is 1. The van der Waals surface area contributed by atoms with Gasteiger partial charge in [0, 0.05) is 5.69 Å². The highest BCUT2D eigenvalue weighted by atomic mass is 32.1. The molecule has 0 aliphatic carbocycles. The molecule has 1 aromatic rings. The molecule has 0 aliphatic heterocycles. The van der Waals surface area contributed by atoms with Crippen molar-refractivity contribution in [3.05, 3.63) is 40.4 Å². The van der Waals surface area contributed by atoms with Crippen LogP contribution in [0.2, 0.25) is 0 Å². The zero-order valence-electron chi connectivity index (χ0n) is 10.2. The highest BCUT2D eigenvalue weighted by molar-refractivity contribution is 7.84. The smallest absolute Gasteiger partial charge is 0.351 e. The quantitative estimate of drug-likeness (QED) is 0.379. The molecule has 1 N–H and O–H groups in total. The van der Waals surface area contributed by atoms with E-state index in [0.717, 1.165) is 11.3 Å². The monoisotopic (exact) mass is 262 g/mol. The van der Waals surface area contributed by atoms with Crippen LogP contribution in [0.25, 0.3) is 0 Å². The first-order valence-corrected chi connectivity index (χ1v) is 5.87. The van der Waals surface area contributed by atoms with Crippen LogP contribution in [0.5, 0.6) is 0 Å². The van der Waals surface area contributed by atoms with Crippen LogP contribution < -0.4 is 5.32 Å². The fraction of sp³-hybridized carbons (Fsp3) is 0.231. The number of nitrogens with one attached hydrogen (secondary N) is 1. The van der Waals surface area contributed by atoms with Crippen LogP contribution >= 0.6 is 12.6 Å². The summed E-state index contributed by atoms with van der Waals surface area (Å²) in [6, 6.07) is 9.31. The summed E-state index contributed by atoms with van der Waals surface area (Å²) < 4.78 is 4.77. The average Bonchev–Trinajstić information content (AvgIpc) is 2.30. The number of rotatable bonds is 4. The third-order valence-electron chi connectivity index (χ3n) is 2.11. The van der Waals surface area contributed by atoms with Crippen molar-refractivity contribution in [2.75, 3.05) is 11.9 Å². The number of anilines is 1. The van der Waals surface area contributed by atoms with Crippen molar-refractivity contribution < 1.29 is 9.53 Å². The van der Waals surface area contributed by atoms with Gasteiger partial charge in [0.05, 0.1) is 11.6 Å². The topological polar surface area (TPSA) is 62.1 Å². The first-order valence-electron chi connectivity index (χ1n) is 5.42. The largest absolute Gasteiger partial charge is 0.462 e. The number of benzene rings is 1. The highest BCUT2D eigenvalue weighted by Crippen LogP contribution is 2.17. The molecule has 0 aromatic heterocycles. The van der Waals surface area contributed by atoms with Crippen LogP contribution in [0.4, 0.5) is 5.69 Å². The molecule has 5 heteroatoms. The summed E-state index contributed by atoms with van der Waals surface area (Å²) in [6.45, 7) is 3.85. The maximum Gasteiger partial charge on any atom is 0.351 e. The molecule has 0 aliphatic rings. The van der Waals surface area contributed by atoms with Crippen LogP contribution in [0.1, 0.15) is 12.5 Å². The van der Waals surface area contributed by atoms with Crippen LogP contribution in [0, 0.1) is 18.3 Å². The van der Waals surface area contributed by atoms with Gasteiger partial charge >= 0.3 is 5.97 Å². The Bertz CT molecular complexity index is 518. The molecule has 0 saturated heterocycles. The summed E-state index contributed by atoms with van der Waals surface area (Å²) in [5.74, 6) is -0.676. The Morgan fingerprint density at radius 2 is 2.28 bits per heavy atom. The number of hydrogen-bond acceptors (Lipinski definition) is 5. The number of thiol groups is 1. The number of nitrogens with zero attached hydrogens (tertiary/aromatic N) is 1. The van der Waals surface area contributed by atoms with Crippen LogP contribution in [0.3, 0.4) is 0 Å². The van der Waals surface area contributed by atoms with Crippen molar-refractivity contribution in [1.29, 1.82) is 5.26 Å². The summed E-state index contributed by atoms with van der Waals surface area (Å²) in [7, 11) is 0. The predicted molar refractivity (Wildman–Crippen MR) is 73.1 cm³/mol. The number of hydrogen-bond donors (Lipinski definition) is 2. The molecule has 0 fully saturated rings. The van der Waals surface area contributed by atoms with Gasteiger partial charge in [-0.15, -0.1) is 12.6 Å². The molecule has 0 unspecified atom stereocenters. The Balaban J connectivity index is 2.94. The van der Waals surface area contributed by atoms with Gasteiger partial charge in [-0.25, -0.2) is 4.79 Å². The van der Waals surface area contributed by atoms with E-state index in [-0.39, 0.29) is 17.2 Å². The lowest BCUT2D eigenvalue weighted by Gasteiger charge is -2.08. The molecule has 0 saturated carbocycles. The standard InChI is InChI=1S/C13H14N2O2S/c1-3-17-13(16)11(8-14)12(18)15-10-6-4-5-9(2)7-10/h4-7,15,18H,3H2,1-2H3. The normalized spacial score (nSPS) is 11.2. The average molecular weight is 262 g/mol. The summed E-state index contributed by atoms with van der Waals surface area (Å²) in [6.07, 6.45) is 0. The number of carbonyl (C=O) groups excluding carboxylic acids is 1. The first-order chi connectivity index (χ1) is 8.58. The Morgan fingerprint density at radius 1 is 1.56 bits per heavy atom. The fourth-order valence-corrected chi connectivity index (χ4v) is 1.59. The van der Waals surface area contributed by atoms with Gasteiger partial charge in [0.25, 0.3) is 0 Å². The third-order valence-corrected chi connectivity index (χ3v) is 2.44. The lowest BCUT2D eigenvalue weighted by molar-refractivity contribution is -0.138. The summed E-state index contributed by atoms with van der Waals surface area (Å²) in [4.78, 5) is 11.5. The Morgan fingerprint density at radius 3 is 2.83 bits per heavy atom. The van der Waals surface area contributed by atoms with Gasteiger partial charge in [-0.2, -0.15) is 5.26 Å². The molecule has 1 rings (SSSR count). The van der Waals surface area contributed by atoms with Crippen molar-refractivity contribution in [2.45, 2.75) is 13.8 Å². The number of carbonyl (C=O) groups is 1. The van der Waals surface area contributed by atoms with Crippen molar-refractivity contribution in [2.24, 2.45) is 0 Å². The van der Waals surface area contributed by atoms with Gasteiger partial charge in [0.1, 0.15) is 6.07 Å². The van der Waals surface area contributed by atoms with Crippen LogP contribution in [-0.2, 0) is 9.53 Å². The van der Waals surface area contributed by atoms with Crippen molar-refractivity contribution in [3.8, 4) is 6.07 Å². The molecule has 0 atom stereocenters. The SMILES string of the molecule is CCOC(=O)C(C#N)=C(S)Nc1cccc(C)c1. The van der Waals surface area contributed by atoms with Gasteiger partial charge < -0.3 is 10.1 Å².